The maximum absolute atomic E-state index is 12.1. The summed E-state index contributed by atoms with van der Waals surface area (Å²) >= 11 is 0. The Balaban J connectivity index is 1.90. The van der Waals surface area contributed by atoms with E-state index in [9.17, 15) is 9.90 Å². The average Bonchev–Trinajstić information content (AvgIpc) is 2.70. The van der Waals surface area contributed by atoms with Crippen LogP contribution in [-0.2, 0) is 9.53 Å². The molecule has 1 aromatic rings. The van der Waals surface area contributed by atoms with Gasteiger partial charge >= 0.3 is 5.97 Å². The maximum Gasteiger partial charge on any atom is 0.310 e. The first-order valence-corrected chi connectivity index (χ1v) is 10.1. The SMILES string of the molecule is CCNC(=NCC(O)COc1cccc(C)c1)N1CCCC(C(=O)OCC)C1. The highest BCUT2D eigenvalue weighted by atomic mass is 16.5. The third-order valence-electron chi connectivity index (χ3n) is 4.56. The molecule has 0 radical (unpaired) electrons. The van der Waals surface area contributed by atoms with E-state index in [1.165, 1.54) is 0 Å². The van der Waals surface area contributed by atoms with Gasteiger partial charge in [0.05, 0.1) is 19.1 Å². The number of hydrogen-bond donors (Lipinski definition) is 2. The van der Waals surface area contributed by atoms with Crippen LogP contribution in [-0.4, -0.2) is 67.4 Å². The lowest BCUT2D eigenvalue weighted by molar-refractivity contribution is -0.149. The molecule has 1 heterocycles. The first kappa shape index (κ1) is 22.0. The number of hydrogen-bond acceptors (Lipinski definition) is 5. The number of rotatable bonds is 8. The molecule has 1 aliphatic heterocycles. The summed E-state index contributed by atoms with van der Waals surface area (Å²) in [4.78, 5) is 18.7. The molecule has 0 saturated carbocycles. The van der Waals surface area contributed by atoms with Gasteiger partial charge in [-0.3, -0.25) is 9.79 Å². The Morgan fingerprint density at radius 1 is 1.43 bits per heavy atom. The number of piperidine rings is 1. The number of aliphatic hydroxyl groups excluding tert-OH is 1. The zero-order chi connectivity index (χ0) is 20.4. The Morgan fingerprint density at radius 2 is 2.25 bits per heavy atom. The van der Waals surface area contributed by atoms with Crippen molar-refractivity contribution in [2.45, 2.75) is 39.7 Å². The van der Waals surface area contributed by atoms with Crippen LogP contribution in [0.25, 0.3) is 0 Å². The first-order valence-electron chi connectivity index (χ1n) is 10.1. The summed E-state index contributed by atoms with van der Waals surface area (Å²) in [7, 11) is 0. The van der Waals surface area contributed by atoms with Crippen molar-refractivity contribution in [3.8, 4) is 5.75 Å². The highest BCUT2D eigenvalue weighted by Crippen LogP contribution is 2.18. The van der Waals surface area contributed by atoms with E-state index < -0.39 is 6.10 Å². The predicted octanol–water partition coefficient (Wildman–Crippen LogP) is 1.98. The van der Waals surface area contributed by atoms with Crippen molar-refractivity contribution >= 4 is 11.9 Å². The highest BCUT2D eigenvalue weighted by Gasteiger charge is 2.28. The second kappa shape index (κ2) is 11.5. The average molecular weight is 392 g/mol. The summed E-state index contributed by atoms with van der Waals surface area (Å²) in [6.07, 6.45) is 1.04. The number of aliphatic hydroxyl groups is 1. The molecule has 156 valence electrons. The summed E-state index contributed by atoms with van der Waals surface area (Å²) in [5.74, 6) is 1.18. The van der Waals surface area contributed by atoms with Crippen LogP contribution in [0.3, 0.4) is 0 Å². The molecule has 28 heavy (non-hydrogen) atoms. The number of esters is 1. The highest BCUT2D eigenvalue weighted by molar-refractivity contribution is 5.81. The van der Waals surface area contributed by atoms with Crippen LogP contribution in [0.15, 0.2) is 29.3 Å². The van der Waals surface area contributed by atoms with Gasteiger partial charge in [0, 0.05) is 19.6 Å². The van der Waals surface area contributed by atoms with Crippen LogP contribution >= 0.6 is 0 Å². The molecule has 1 saturated heterocycles. The quantitative estimate of drug-likeness (QED) is 0.401. The van der Waals surface area contributed by atoms with Gasteiger partial charge in [-0.1, -0.05) is 12.1 Å². The number of ether oxygens (including phenoxy) is 2. The van der Waals surface area contributed by atoms with Crippen LogP contribution in [0, 0.1) is 12.8 Å². The minimum Gasteiger partial charge on any atom is -0.491 e. The van der Waals surface area contributed by atoms with E-state index in [2.05, 4.69) is 15.2 Å². The third-order valence-corrected chi connectivity index (χ3v) is 4.56. The number of likely N-dealkylation sites (tertiary alicyclic amines) is 1. The van der Waals surface area contributed by atoms with Crippen molar-refractivity contribution in [1.82, 2.24) is 10.2 Å². The molecule has 1 aromatic carbocycles. The number of carbonyl (C=O) groups excluding carboxylic acids is 1. The number of guanidine groups is 1. The minimum absolute atomic E-state index is 0.132. The number of aliphatic imine (C=N–C) groups is 1. The Morgan fingerprint density at radius 3 is 2.96 bits per heavy atom. The molecule has 0 amide bonds. The first-order chi connectivity index (χ1) is 13.5. The lowest BCUT2D eigenvalue weighted by atomic mass is 9.98. The number of nitrogens with one attached hydrogen (secondary N) is 1. The van der Waals surface area contributed by atoms with Crippen molar-refractivity contribution in [1.29, 1.82) is 0 Å². The molecule has 2 atom stereocenters. The number of benzene rings is 1. The topological polar surface area (TPSA) is 83.4 Å². The summed E-state index contributed by atoms with van der Waals surface area (Å²) < 4.78 is 10.8. The molecule has 0 spiro atoms. The van der Waals surface area contributed by atoms with Gasteiger partial charge in [0.25, 0.3) is 0 Å². The summed E-state index contributed by atoms with van der Waals surface area (Å²) in [5, 5.41) is 13.5. The van der Waals surface area contributed by atoms with Crippen molar-refractivity contribution in [3.05, 3.63) is 29.8 Å². The fraction of sp³-hybridized carbons (Fsp3) is 0.619. The van der Waals surface area contributed by atoms with Gasteiger partial charge in [0.1, 0.15) is 18.5 Å². The Hall–Kier alpha value is -2.28. The zero-order valence-corrected chi connectivity index (χ0v) is 17.2. The van der Waals surface area contributed by atoms with Gasteiger partial charge < -0.3 is 24.8 Å². The van der Waals surface area contributed by atoms with E-state index in [1.54, 1.807) is 0 Å². The van der Waals surface area contributed by atoms with Crippen LogP contribution in [0.1, 0.15) is 32.3 Å². The molecule has 7 nitrogen and oxygen atoms in total. The normalized spacial score (nSPS) is 18.5. The molecule has 2 unspecified atom stereocenters. The van der Waals surface area contributed by atoms with Crippen molar-refractivity contribution in [2.75, 3.05) is 39.4 Å². The van der Waals surface area contributed by atoms with E-state index >= 15 is 0 Å². The Bertz CT molecular complexity index is 650. The van der Waals surface area contributed by atoms with Crippen molar-refractivity contribution in [2.24, 2.45) is 10.9 Å². The van der Waals surface area contributed by atoms with Gasteiger partial charge in [-0.05, 0) is 51.3 Å². The molecule has 7 heteroatoms. The molecular weight excluding hydrogens is 358 g/mol. The smallest absolute Gasteiger partial charge is 0.310 e. The maximum atomic E-state index is 12.1. The summed E-state index contributed by atoms with van der Waals surface area (Å²) in [5.41, 5.74) is 1.11. The monoisotopic (exact) mass is 391 g/mol. The zero-order valence-electron chi connectivity index (χ0n) is 17.2. The number of nitrogens with zero attached hydrogens (tertiary/aromatic N) is 2. The van der Waals surface area contributed by atoms with Gasteiger partial charge in [-0.15, -0.1) is 0 Å². The molecule has 2 N–H and O–H groups in total. The van der Waals surface area contributed by atoms with E-state index in [0.717, 1.165) is 37.2 Å². The van der Waals surface area contributed by atoms with Gasteiger partial charge in [0.2, 0.25) is 0 Å². The van der Waals surface area contributed by atoms with Crippen LogP contribution in [0.4, 0.5) is 0 Å². The predicted molar refractivity (Wildman–Crippen MR) is 110 cm³/mol. The number of carbonyl (C=O) groups is 1. The largest absolute Gasteiger partial charge is 0.491 e. The second-order valence-electron chi connectivity index (χ2n) is 7.01. The summed E-state index contributed by atoms with van der Waals surface area (Å²) in [6.45, 7) is 8.76. The number of aryl methyl sites for hydroxylation is 1. The van der Waals surface area contributed by atoms with Crippen LogP contribution in [0.5, 0.6) is 5.75 Å². The molecule has 1 fully saturated rings. The Kier molecular flexibility index (Phi) is 9.07. The molecule has 0 aliphatic carbocycles. The Labute approximate surface area is 167 Å². The standard InChI is InChI=1S/C21H33N3O4/c1-4-22-21(24-11-7-9-17(14-24)20(26)27-5-2)23-13-18(25)15-28-19-10-6-8-16(3)12-19/h6,8,10,12,17-18,25H,4-5,7,9,11,13-15H2,1-3H3,(H,22,23). The van der Waals surface area contributed by atoms with E-state index in [1.807, 2.05) is 45.0 Å². The molecule has 2 rings (SSSR count). The van der Waals surface area contributed by atoms with Gasteiger partial charge in [0.15, 0.2) is 5.96 Å². The fourth-order valence-corrected chi connectivity index (χ4v) is 3.19. The molecule has 1 aliphatic rings. The minimum atomic E-state index is -0.709. The summed E-state index contributed by atoms with van der Waals surface area (Å²) in [6, 6.07) is 7.73. The van der Waals surface area contributed by atoms with Crippen molar-refractivity contribution < 1.29 is 19.4 Å². The van der Waals surface area contributed by atoms with Gasteiger partial charge in [-0.2, -0.15) is 0 Å². The molecule has 0 bridgehead atoms. The van der Waals surface area contributed by atoms with Crippen molar-refractivity contribution in [3.63, 3.8) is 0 Å². The third kappa shape index (κ3) is 7.03. The van der Waals surface area contributed by atoms with E-state index in [-0.39, 0.29) is 25.0 Å². The molecular formula is C21H33N3O4. The van der Waals surface area contributed by atoms with Crippen LogP contribution < -0.4 is 10.1 Å². The fourth-order valence-electron chi connectivity index (χ4n) is 3.19. The lowest BCUT2D eigenvalue weighted by Gasteiger charge is -2.34. The van der Waals surface area contributed by atoms with Gasteiger partial charge in [-0.25, -0.2) is 0 Å². The van der Waals surface area contributed by atoms with E-state index in [0.29, 0.717) is 19.1 Å². The van der Waals surface area contributed by atoms with E-state index in [4.69, 9.17) is 9.47 Å². The second-order valence-corrected chi connectivity index (χ2v) is 7.01. The lowest BCUT2D eigenvalue weighted by Crippen LogP contribution is -2.48. The van der Waals surface area contributed by atoms with Crippen LogP contribution in [0.2, 0.25) is 0 Å². The molecule has 0 aromatic heterocycles.